The first-order chi connectivity index (χ1) is 7.81. The molecule has 0 bridgehead atoms. The fourth-order valence-electron chi connectivity index (χ4n) is 1.41. The van der Waals surface area contributed by atoms with Crippen LogP contribution >= 0.6 is 0 Å². The number of rotatable bonds is 5. The Morgan fingerprint density at radius 2 is 2.00 bits per heavy atom. The van der Waals surface area contributed by atoms with Gasteiger partial charge in [-0.3, -0.25) is 4.84 Å². The van der Waals surface area contributed by atoms with Gasteiger partial charge in [0.25, 0.3) is 10.0 Å². The van der Waals surface area contributed by atoms with Crippen molar-refractivity contribution in [1.29, 1.82) is 0 Å². The van der Waals surface area contributed by atoms with E-state index in [0.717, 1.165) is 0 Å². The number of sulfonamides is 1. The van der Waals surface area contributed by atoms with Crippen molar-refractivity contribution in [1.82, 2.24) is 4.89 Å². The lowest BCUT2D eigenvalue weighted by atomic mass is 10.2. The number of carboxylic acid groups (broad SMARTS) is 1. The predicted octanol–water partition coefficient (Wildman–Crippen LogP) is 0.824. The summed E-state index contributed by atoms with van der Waals surface area (Å²) in [4.78, 5) is 17.0. The summed E-state index contributed by atoms with van der Waals surface area (Å²) < 4.78 is 28.6. The summed E-state index contributed by atoms with van der Waals surface area (Å²) in [6.45, 7) is 4.47. The van der Waals surface area contributed by atoms with Crippen LogP contribution < -0.4 is 4.89 Å². The Kier molecular flexibility index (Phi) is 3.91. The van der Waals surface area contributed by atoms with Crippen molar-refractivity contribution < 1.29 is 27.6 Å². The third-order valence-corrected chi connectivity index (χ3v) is 3.37. The molecule has 1 aromatic heterocycles. The zero-order valence-electron chi connectivity index (χ0n) is 9.60. The molecule has 0 radical (unpaired) electrons. The smallest absolute Gasteiger partial charge is 0.340 e. The fourth-order valence-corrected chi connectivity index (χ4v) is 2.69. The highest BCUT2D eigenvalue weighted by Gasteiger charge is 2.30. The molecule has 0 saturated heterocycles. The Balaban J connectivity index is 3.35. The van der Waals surface area contributed by atoms with Crippen LogP contribution in [0.25, 0.3) is 0 Å². The van der Waals surface area contributed by atoms with Gasteiger partial charge in [0.2, 0.25) is 0 Å². The Morgan fingerprint density at radius 3 is 2.47 bits per heavy atom. The molecule has 1 aromatic rings. The van der Waals surface area contributed by atoms with Crippen LogP contribution in [0.4, 0.5) is 0 Å². The van der Waals surface area contributed by atoms with E-state index in [1.807, 2.05) is 4.89 Å². The molecule has 2 N–H and O–H groups in total. The summed E-state index contributed by atoms with van der Waals surface area (Å²) in [6.07, 6.45) is 0. The van der Waals surface area contributed by atoms with Gasteiger partial charge in [-0.2, -0.15) is 0 Å². The van der Waals surface area contributed by atoms with Crippen LogP contribution in [-0.2, 0) is 14.9 Å². The van der Waals surface area contributed by atoms with E-state index in [2.05, 4.69) is 4.84 Å². The second kappa shape index (κ2) is 4.86. The van der Waals surface area contributed by atoms with E-state index in [1.54, 1.807) is 6.92 Å². The summed E-state index contributed by atoms with van der Waals surface area (Å²) >= 11 is 0. The number of aromatic carboxylic acids is 1. The van der Waals surface area contributed by atoms with E-state index < -0.39 is 20.9 Å². The normalized spacial score (nSPS) is 11.7. The van der Waals surface area contributed by atoms with Gasteiger partial charge in [-0.1, -0.05) is 4.89 Å². The number of nitrogens with one attached hydrogen (secondary N) is 1. The van der Waals surface area contributed by atoms with Gasteiger partial charge in [0.15, 0.2) is 0 Å². The lowest BCUT2D eigenvalue weighted by molar-refractivity contribution is 0.0690. The molecule has 7 nitrogen and oxygen atoms in total. The zero-order chi connectivity index (χ0) is 13.2. The van der Waals surface area contributed by atoms with Crippen molar-refractivity contribution in [2.24, 2.45) is 0 Å². The number of carboxylic acids is 1. The van der Waals surface area contributed by atoms with Crippen molar-refractivity contribution in [3.8, 4) is 0 Å². The first kappa shape index (κ1) is 13.7. The lowest BCUT2D eigenvalue weighted by Gasteiger charge is -2.05. The van der Waals surface area contributed by atoms with Crippen molar-refractivity contribution in [3.05, 3.63) is 17.1 Å². The summed E-state index contributed by atoms with van der Waals surface area (Å²) in [6, 6.07) is 0. The van der Waals surface area contributed by atoms with Crippen molar-refractivity contribution in [3.63, 3.8) is 0 Å². The molecule has 0 aliphatic rings. The predicted molar refractivity (Wildman–Crippen MR) is 57.1 cm³/mol. The summed E-state index contributed by atoms with van der Waals surface area (Å²) in [5.41, 5.74) is -0.380. The molecule has 0 aliphatic carbocycles. The highest BCUT2D eigenvalue weighted by Crippen LogP contribution is 2.26. The minimum Gasteiger partial charge on any atom is -0.478 e. The van der Waals surface area contributed by atoms with E-state index in [1.165, 1.54) is 13.8 Å². The Morgan fingerprint density at radius 1 is 1.41 bits per heavy atom. The Bertz CT molecular complexity index is 530. The van der Waals surface area contributed by atoms with Crippen LogP contribution in [0.5, 0.6) is 0 Å². The van der Waals surface area contributed by atoms with Gasteiger partial charge in [-0.15, -0.1) is 0 Å². The summed E-state index contributed by atoms with van der Waals surface area (Å²) in [7, 11) is -4.05. The van der Waals surface area contributed by atoms with E-state index >= 15 is 0 Å². The van der Waals surface area contributed by atoms with Gasteiger partial charge in [0.1, 0.15) is 22.0 Å². The number of carbonyl (C=O) groups is 1. The molecular weight excluding hydrogens is 250 g/mol. The molecule has 0 fully saturated rings. The first-order valence-corrected chi connectivity index (χ1v) is 6.26. The minimum absolute atomic E-state index is 0.00658. The van der Waals surface area contributed by atoms with Crippen molar-refractivity contribution in [2.45, 2.75) is 25.7 Å². The Hall–Kier alpha value is -1.38. The molecule has 1 heterocycles. The molecule has 0 amide bonds. The van der Waals surface area contributed by atoms with Crippen LogP contribution in [-0.4, -0.2) is 26.1 Å². The zero-order valence-corrected chi connectivity index (χ0v) is 10.4. The maximum atomic E-state index is 11.8. The molecule has 0 atom stereocenters. The van der Waals surface area contributed by atoms with Gasteiger partial charge >= 0.3 is 5.97 Å². The molecule has 17 heavy (non-hydrogen) atoms. The Labute approximate surface area is 98.4 Å². The van der Waals surface area contributed by atoms with Gasteiger partial charge in [-0.25, -0.2) is 13.2 Å². The van der Waals surface area contributed by atoms with Crippen molar-refractivity contribution in [2.75, 3.05) is 6.61 Å². The van der Waals surface area contributed by atoms with Crippen LogP contribution in [0.15, 0.2) is 9.31 Å². The average Bonchev–Trinajstić information content (AvgIpc) is 2.51. The maximum absolute atomic E-state index is 11.8. The van der Waals surface area contributed by atoms with Crippen LogP contribution in [0.2, 0.25) is 0 Å². The van der Waals surface area contributed by atoms with E-state index in [9.17, 15) is 13.2 Å². The molecule has 0 aromatic carbocycles. The fraction of sp³-hybridized carbons (Fsp3) is 0.444. The number of hydrogen-bond acceptors (Lipinski definition) is 5. The molecular formula is C9H13NO6S. The maximum Gasteiger partial charge on any atom is 0.340 e. The number of aryl methyl sites for hydroxylation is 2. The standard InChI is InChI=1S/C9H13NO6S/c1-4-15-10-17(13,14)8-6(3)16-5(2)7(8)9(11)12/h10H,4H2,1-3H3,(H,11,12). The first-order valence-electron chi connectivity index (χ1n) is 4.78. The molecule has 0 unspecified atom stereocenters. The minimum atomic E-state index is -4.05. The third kappa shape index (κ3) is 2.65. The van der Waals surface area contributed by atoms with Crippen LogP contribution in [0, 0.1) is 13.8 Å². The average molecular weight is 263 g/mol. The number of furan rings is 1. The van der Waals surface area contributed by atoms with Gasteiger partial charge in [0, 0.05) is 0 Å². The number of hydrogen-bond donors (Lipinski definition) is 2. The van der Waals surface area contributed by atoms with E-state index in [4.69, 9.17) is 9.52 Å². The quantitative estimate of drug-likeness (QED) is 0.762. The second-order valence-electron chi connectivity index (χ2n) is 3.24. The molecule has 0 spiro atoms. The van der Waals surface area contributed by atoms with Gasteiger partial charge < -0.3 is 9.52 Å². The highest BCUT2D eigenvalue weighted by atomic mass is 32.2. The summed E-state index contributed by atoms with van der Waals surface area (Å²) in [5.74, 6) is -1.32. The summed E-state index contributed by atoms with van der Waals surface area (Å²) in [5, 5.41) is 8.96. The largest absolute Gasteiger partial charge is 0.478 e. The molecule has 0 aliphatic heterocycles. The van der Waals surface area contributed by atoms with Crippen molar-refractivity contribution >= 4 is 16.0 Å². The molecule has 0 saturated carbocycles. The third-order valence-electron chi connectivity index (χ3n) is 2.00. The lowest BCUT2D eigenvalue weighted by Crippen LogP contribution is -2.26. The highest BCUT2D eigenvalue weighted by molar-refractivity contribution is 7.89. The van der Waals surface area contributed by atoms with Gasteiger partial charge in [0.05, 0.1) is 6.61 Å². The topological polar surface area (TPSA) is 106 Å². The monoisotopic (exact) mass is 263 g/mol. The molecule has 96 valence electrons. The van der Waals surface area contributed by atoms with E-state index in [-0.39, 0.29) is 23.7 Å². The molecule has 1 rings (SSSR count). The molecule has 8 heteroatoms. The van der Waals surface area contributed by atoms with Crippen LogP contribution in [0.1, 0.15) is 28.8 Å². The second-order valence-corrected chi connectivity index (χ2v) is 4.83. The SMILES string of the molecule is CCONS(=O)(=O)c1c(C)oc(C)c1C(=O)O. The van der Waals surface area contributed by atoms with E-state index in [0.29, 0.717) is 0 Å². The van der Waals surface area contributed by atoms with Gasteiger partial charge in [-0.05, 0) is 20.8 Å². The van der Waals surface area contributed by atoms with Crippen LogP contribution in [0.3, 0.4) is 0 Å².